The highest BCUT2D eigenvalue weighted by molar-refractivity contribution is 5.86. The minimum atomic E-state index is -0.542. The zero-order valence-corrected chi connectivity index (χ0v) is 21.7. The molecular formula is C25H38N6O4. The molecule has 2 saturated heterocycles. The normalized spacial score (nSPS) is 19.5. The number of likely N-dealkylation sites (tertiary alicyclic amines) is 2. The van der Waals surface area contributed by atoms with Gasteiger partial charge in [-0.25, -0.2) is 19.6 Å². The third kappa shape index (κ3) is 5.97. The van der Waals surface area contributed by atoms with Crippen LogP contribution in [0.3, 0.4) is 0 Å². The van der Waals surface area contributed by atoms with Gasteiger partial charge in [-0.3, -0.25) is 0 Å². The number of carbonyl (C=O) groups is 2. The van der Waals surface area contributed by atoms with E-state index in [1.54, 1.807) is 9.80 Å². The van der Waals surface area contributed by atoms with Crippen molar-refractivity contribution >= 4 is 29.0 Å². The van der Waals surface area contributed by atoms with Crippen LogP contribution in [0.4, 0.5) is 15.3 Å². The number of amides is 2. The van der Waals surface area contributed by atoms with Crippen molar-refractivity contribution < 1.29 is 19.1 Å². The lowest BCUT2D eigenvalue weighted by Gasteiger charge is -2.33. The Morgan fingerprint density at radius 1 is 1.09 bits per heavy atom. The van der Waals surface area contributed by atoms with Crippen LogP contribution in [0.25, 0.3) is 11.2 Å². The Bertz CT molecular complexity index is 1070. The Morgan fingerprint density at radius 2 is 1.77 bits per heavy atom. The number of carbonyl (C=O) groups excluding carboxylic acids is 2. The summed E-state index contributed by atoms with van der Waals surface area (Å²) in [5.41, 5.74) is 3.16. The Balaban J connectivity index is 1.28. The van der Waals surface area contributed by atoms with E-state index in [0.717, 1.165) is 35.4 Å². The van der Waals surface area contributed by atoms with E-state index in [1.165, 1.54) is 0 Å². The molecular weight excluding hydrogens is 448 g/mol. The zero-order chi connectivity index (χ0) is 25.3. The first-order valence-corrected chi connectivity index (χ1v) is 12.5. The molecule has 2 aromatic rings. The highest BCUT2D eigenvalue weighted by Gasteiger charge is 2.33. The number of piperidine rings is 1. The van der Waals surface area contributed by atoms with Gasteiger partial charge in [-0.2, -0.15) is 0 Å². The molecule has 2 fully saturated rings. The monoisotopic (exact) mass is 486 g/mol. The largest absolute Gasteiger partial charge is 0.444 e. The highest BCUT2D eigenvalue weighted by Crippen LogP contribution is 2.27. The van der Waals surface area contributed by atoms with Gasteiger partial charge >= 0.3 is 12.2 Å². The number of aryl methyl sites for hydroxylation is 1. The lowest BCUT2D eigenvalue weighted by Crippen LogP contribution is -2.44. The maximum Gasteiger partial charge on any atom is 0.410 e. The molecule has 10 nitrogen and oxygen atoms in total. The maximum atomic E-state index is 12.7. The van der Waals surface area contributed by atoms with Crippen LogP contribution in [0.15, 0.2) is 12.4 Å². The number of rotatable bonds is 4. The maximum absolute atomic E-state index is 12.7. The van der Waals surface area contributed by atoms with Gasteiger partial charge in [0.2, 0.25) is 0 Å². The van der Waals surface area contributed by atoms with Crippen molar-refractivity contribution in [3.8, 4) is 0 Å². The zero-order valence-electron chi connectivity index (χ0n) is 21.7. The Morgan fingerprint density at radius 3 is 2.43 bits per heavy atom. The molecule has 0 radical (unpaired) electrons. The number of imidazole rings is 1. The molecule has 4 heterocycles. The summed E-state index contributed by atoms with van der Waals surface area (Å²) in [6, 6.07) is 2.56. The predicted molar refractivity (Wildman–Crippen MR) is 134 cm³/mol. The van der Waals surface area contributed by atoms with Crippen molar-refractivity contribution in [2.45, 2.75) is 84.6 Å². The van der Waals surface area contributed by atoms with E-state index in [-0.39, 0.29) is 30.4 Å². The van der Waals surface area contributed by atoms with Gasteiger partial charge in [-0.1, -0.05) is 0 Å². The molecule has 0 bridgehead atoms. The minimum Gasteiger partial charge on any atom is -0.444 e. The molecule has 0 aromatic carbocycles. The molecule has 2 aliphatic rings. The second-order valence-corrected chi connectivity index (χ2v) is 10.9. The summed E-state index contributed by atoms with van der Waals surface area (Å²) in [5, 5.41) is 3.63. The molecule has 0 spiro atoms. The Labute approximate surface area is 207 Å². The quantitative estimate of drug-likeness (QED) is 0.686. The van der Waals surface area contributed by atoms with Crippen molar-refractivity contribution in [1.82, 2.24) is 24.3 Å². The first kappa shape index (κ1) is 25.1. The van der Waals surface area contributed by atoms with Gasteiger partial charge < -0.3 is 29.2 Å². The number of hydrogen-bond donors (Lipinski definition) is 1. The summed E-state index contributed by atoms with van der Waals surface area (Å²) in [6.45, 7) is 13.9. The third-order valence-corrected chi connectivity index (χ3v) is 6.39. The third-order valence-electron chi connectivity index (χ3n) is 6.39. The summed E-state index contributed by atoms with van der Waals surface area (Å²) in [6.07, 6.45) is 3.14. The summed E-state index contributed by atoms with van der Waals surface area (Å²) in [4.78, 5) is 37.6. The fourth-order valence-corrected chi connectivity index (χ4v) is 4.58. The number of ether oxygens (including phenoxy) is 2. The second kappa shape index (κ2) is 9.91. The molecule has 2 aromatic heterocycles. The van der Waals surface area contributed by atoms with Gasteiger partial charge in [0.25, 0.3) is 0 Å². The topological polar surface area (TPSA) is 102 Å². The number of aromatic nitrogens is 3. The SMILES string of the molecule is Cc1cc(NC2CCN(C(=O)O[C@H]3CCN(C(=O)OC(C)(C)C)C3)CC2)c2ncn(C(C)C)c2n1. The van der Waals surface area contributed by atoms with Crippen molar-refractivity contribution in [2.75, 3.05) is 31.5 Å². The van der Waals surface area contributed by atoms with Crippen LogP contribution in [0.1, 0.15) is 65.6 Å². The first-order valence-electron chi connectivity index (χ1n) is 12.5. The van der Waals surface area contributed by atoms with E-state index in [1.807, 2.05) is 40.1 Å². The average molecular weight is 487 g/mol. The van der Waals surface area contributed by atoms with Crippen molar-refractivity contribution in [3.05, 3.63) is 18.1 Å². The second-order valence-electron chi connectivity index (χ2n) is 10.9. The molecule has 10 heteroatoms. The molecule has 4 rings (SSSR count). The standard InChI is InChI=1S/C25H38N6O4/c1-16(2)31-15-26-21-20(13-17(3)27-22(21)31)28-18-7-10-29(11-8-18)23(32)34-19-9-12-30(14-19)24(33)35-25(4,5)6/h13,15-16,18-19H,7-12,14H2,1-6H3,(H,27,28)/t19-/m0/s1. The smallest absolute Gasteiger partial charge is 0.410 e. The molecule has 2 amide bonds. The summed E-state index contributed by atoms with van der Waals surface area (Å²) in [7, 11) is 0. The van der Waals surface area contributed by atoms with Crippen molar-refractivity contribution in [3.63, 3.8) is 0 Å². The van der Waals surface area contributed by atoms with Crippen LogP contribution < -0.4 is 5.32 Å². The van der Waals surface area contributed by atoms with E-state index in [4.69, 9.17) is 9.47 Å². The first-order chi connectivity index (χ1) is 16.5. The van der Waals surface area contributed by atoms with Gasteiger partial charge in [-0.05, 0) is 60.5 Å². The minimum absolute atomic E-state index is 0.238. The molecule has 1 atom stereocenters. The van der Waals surface area contributed by atoms with Gasteiger partial charge in [0.1, 0.15) is 17.2 Å². The van der Waals surface area contributed by atoms with Gasteiger partial charge in [0.15, 0.2) is 5.65 Å². The molecule has 0 aliphatic carbocycles. The average Bonchev–Trinajstić information content (AvgIpc) is 3.40. The van der Waals surface area contributed by atoms with Crippen molar-refractivity contribution in [1.29, 1.82) is 0 Å². The molecule has 0 unspecified atom stereocenters. The number of anilines is 1. The van der Waals surface area contributed by atoms with E-state index < -0.39 is 5.60 Å². The molecule has 1 N–H and O–H groups in total. The van der Waals surface area contributed by atoms with Crippen molar-refractivity contribution in [2.24, 2.45) is 0 Å². The molecule has 192 valence electrons. The fourth-order valence-electron chi connectivity index (χ4n) is 4.58. The van der Waals surface area contributed by atoms with Gasteiger partial charge in [-0.15, -0.1) is 0 Å². The van der Waals surface area contributed by atoms with E-state index in [0.29, 0.717) is 32.6 Å². The lowest BCUT2D eigenvalue weighted by atomic mass is 10.0. The number of nitrogens with zero attached hydrogens (tertiary/aromatic N) is 5. The fraction of sp³-hybridized carbons (Fsp3) is 0.680. The molecule has 0 saturated carbocycles. The Hall–Kier alpha value is -3.04. The van der Waals surface area contributed by atoms with E-state index in [9.17, 15) is 9.59 Å². The summed E-state index contributed by atoms with van der Waals surface area (Å²) < 4.78 is 13.2. The number of hydrogen-bond acceptors (Lipinski definition) is 7. The van der Waals surface area contributed by atoms with Crippen LogP contribution in [0.2, 0.25) is 0 Å². The number of pyridine rings is 1. The van der Waals surface area contributed by atoms with Crippen LogP contribution in [0.5, 0.6) is 0 Å². The number of fused-ring (bicyclic) bond motifs is 1. The van der Waals surface area contributed by atoms with Gasteiger partial charge in [0.05, 0.1) is 18.6 Å². The summed E-state index contributed by atoms with van der Waals surface area (Å²) >= 11 is 0. The predicted octanol–water partition coefficient (Wildman–Crippen LogP) is 4.34. The van der Waals surface area contributed by atoms with E-state index in [2.05, 4.69) is 33.7 Å². The Kier molecular flexibility index (Phi) is 7.10. The van der Waals surface area contributed by atoms with Crippen LogP contribution >= 0.6 is 0 Å². The number of nitrogens with one attached hydrogen (secondary N) is 1. The summed E-state index contributed by atoms with van der Waals surface area (Å²) in [5.74, 6) is 0. The highest BCUT2D eigenvalue weighted by atomic mass is 16.6. The van der Waals surface area contributed by atoms with E-state index >= 15 is 0 Å². The molecule has 2 aliphatic heterocycles. The van der Waals surface area contributed by atoms with Crippen LogP contribution in [-0.2, 0) is 9.47 Å². The molecule has 35 heavy (non-hydrogen) atoms. The van der Waals surface area contributed by atoms with Gasteiger partial charge in [0, 0.05) is 43.8 Å². The van der Waals surface area contributed by atoms with Crippen LogP contribution in [-0.4, -0.2) is 80.4 Å². The lowest BCUT2D eigenvalue weighted by molar-refractivity contribution is 0.0235. The van der Waals surface area contributed by atoms with Crippen LogP contribution in [0, 0.1) is 6.92 Å².